The van der Waals surface area contributed by atoms with Crippen LogP contribution in [-0.4, -0.2) is 22.3 Å². The number of amidine groups is 1. The van der Waals surface area contributed by atoms with Gasteiger partial charge in [-0.1, -0.05) is 0 Å². The van der Waals surface area contributed by atoms with Crippen LogP contribution in [0.2, 0.25) is 0 Å². The van der Waals surface area contributed by atoms with Crippen molar-refractivity contribution in [3.63, 3.8) is 0 Å². The van der Waals surface area contributed by atoms with Gasteiger partial charge in [0.2, 0.25) is 0 Å². The molecule has 0 aromatic carbocycles. The van der Waals surface area contributed by atoms with Gasteiger partial charge in [0.15, 0.2) is 5.84 Å². The molecule has 1 aliphatic heterocycles. The maximum Gasteiger partial charge on any atom is 0.252 e. The van der Waals surface area contributed by atoms with Crippen LogP contribution >= 0.6 is 15.9 Å². The van der Waals surface area contributed by atoms with Crippen molar-refractivity contribution in [2.24, 2.45) is 4.99 Å². The van der Waals surface area contributed by atoms with Gasteiger partial charge in [-0.3, -0.25) is 14.8 Å². The molecule has 4 nitrogen and oxygen atoms in total. The molecule has 0 unspecified atom stereocenters. The van der Waals surface area contributed by atoms with Gasteiger partial charge in [-0.15, -0.1) is 0 Å². The molecule has 2 heterocycles. The van der Waals surface area contributed by atoms with Crippen molar-refractivity contribution < 1.29 is 4.79 Å². The van der Waals surface area contributed by atoms with Gasteiger partial charge in [0.05, 0.1) is 0 Å². The Morgan fingerprint density at radius 3 is 2.73 bits per heavy atom. The van der Waals surface area contributed by atoms with Crippen molar-refractivity contribution in [1.29, 1.82) is 0 Å². The smallest absolute Gasteiger partial charge is 0.252 e. The summed E-state index contributed by atoms with van der Waals surface area (Å²) in [5, 5.41) is 2.72. The normalized spacial score (nSPS) is 18.6. The van der Waals surface area contributed by atoms with Crippen molar-refractivity contribution in [1.82, 2.24) is 10.3 Å². The van der Waals surface area contributed by atoms with E-state index in [-0.39, 0.29) is 5.91 Å². The number of amides is 1. The van der Waals surface area contributed by atoms with Gasteiger partial charge < -0.3 is 5.32 Å². The van der Waals surface area contributed by atoms with E-state index in [2.05, 4.69) is 31.2 Å². The number of halogens is 1. The van der Waals surface area contributed by atoms with E-state index in [4.69, 9.17) is 0 Å². The first-order valence-corrected chi connectivity index (χ1v) is 5.32. The van der Waals surface area contributed by atoms with E-state index in [0.29, 0.717) is 11.5 Å². The molecule has 1 amide bonds. The molecule has 1 aromatic rings. The molecular formula is C10H10BrN3O. The van der Waals surface area contributed by atoms with Crippen LogP contribution in [0.25, 0.3) is 0 Å². The Bertz CT molecular complexity index is 454. The van der Waals surface area contributed by atoms with Crippen LogP contribution in [0.15, 0.2) is 27.8 Å². The second-order valence-electron chi connectivity index (χ2n) is 3.81. The molecule has 0 radical (unpaired) electrons. The fourth-order valence-electron chi connectivity index (χ4n) is 1.29. The highest BCUT2D eigenvalue weighted by Gasteiger charge is 2.35. The van der Waals surface area contributed by atoms with Gasteiger partial charge in [-0.25, -0.2) is 0 Å². The Labute approximate surface area is 95.9 Å². The SMILES string of the molecule is CC1(C)N=C(c2ncccc2Br)NC1=O. The van der Waals surface area contributed by atoms with Gasteiger partial charge in [0.25, 0.3) is 5.91 Å². The van der Waals surface area contributed by atoms with Crippen molar-refractivity contribution in [2.75, 3.05) is 0 Å². The molecule has 0 fully saturated rings. The summed E-state index contributed by atoms with van der Waals surface area (Å²) in [5.74, 6) is 0.424. The number of carbonyl (C=O) groups is 1. The Hall–Kier alpha value is -1.23. The Morgan fingerprint density at radius 2 is 2.20 bits per heavy atom. The van der Waals surface area contributed by atoms with Gasteiger partial charge >= 0.3 is 0 Å². The lowest BCUT2D eigenvalue weighted by Gasteiger charge is -2.07. The predicted octanol–water partition coefficient (Wildman–Crippen LogP) is 1.50. The van der Waals surface area contributed by atoms with Crippen LogP contribution in [-0.2, 0) is 4.79 Å². The maximum absolute atomic E-state index is 11.5. The van der Waals surface area contributed by atoms with E-state index in [9.17, 15) is 4.79 Å². The second kappa shape index (κ2) is 3.41. The topological polar surface area (TPSA) is 54.4 Å². The monoisotopic (exact) mass is 267 g/mol. The quantitative estimate of drug-likeness (QED) is 0.839. The lowest BCUT2D eigenvalue weighted by molar-refractivity contribution is -0.122. The molecule has 1 aromatic heterocycles. The van der Waals surface area contributed by atoms with Gasteiger partial charge in [-0.2, -0.15) is 0 Å². The van der Waals surface area contributed by atoms with E-state index in [0.717, 1.165) is 4.47 Å². The van der Waals surface area contributed by atoms with Crippen molar-refractivity contribution >= 4 is 27.7 Å². The fourth-order valence-corrected chi connectivity index (χ4v) is 1.73. The van der Waals surface area contributed by atoms with E-state index in [1.807, 2.05) is 12.1 Å². The van der Waals surface area contributed by atoms with E-state index < -0.39 is 5.54 Å². The summed E-state index contributed by atoms with van der Waals surface area (Å²) in [6.07, 6.45) is 1.67. The summed E-state index contributed by atoms with van der Waals surface area (Å²) in [4.78, 5) is 20.0. The molecule has 0 spiro atoms. The van der Waals surface area contributed by atoms with Crippen LogP contribution in [0.5, 0.6) is 0 Å². The van der Waals surface area contributed by atoms with Crippen LogP contribution in [0.1, 0.15) is 19.5 Å². The van der Waals surface area contributed by atoms with Crippen LogP contribution < -0.4 is 5.32 Å². The molecule has 5 heteroatoms. The number of aromatic nitrogens is 1. The first-order chi connectivity index (χ1) is 7.00. The number of hydrogen-bond acceptors (Lipinski definition) is 3. The van der Waals surface area contributed by atoms with Crippen LogP contribution in [0, 0.1) is 0 Å². The van der Waals surface area contributed by atoms with Crippen molar-refractivity contribution in [3.05, 3.63) is 28.5 Å². The Kier molecular flexibility index (Phi) is 2.34. The Morgan fingerprint density at radius 1 is 1.47 bits per heavy atom. The third-order valence-corrected chi connectivity index (χ3v) is 2.80. The number of pyridine rings is 1. The molecule has 0 saturated heterocycles. The summed E-state index contributed by atoms with van der Waals surface area (Å²) < 4.78 is 0.821. The number of rotatable bonds is 1. The highest BCUT2D eigenvalue weighted by Crippen LogP contribution is 2.20. The number of aliphatic imine (C=N–C) groups is 1. The fraction of sp³-hybridized carbons (Fsp3) is 0.300. The molecule has 78 valence electrons. The minimum atomic E-state index is -0.702. The molecule has 15 heavy (non-hydrogen) atoms. The zero-order valence-corrected chi connectivity index (χ0v) is 10.00. The summed E-state index contributed by atoms with van der Waals surface area (Å²) in [6.45, 7) is 3.54. The zero-order chi connectivity index (χ0) is 11.1. The predicted molar refractivity (Wildman–Crippen MR) is 60.7 cm³/mol. The minimum Gasteiger partial charge on any atom is -0.307 e. The summed E-state index contributed by atoms with van der Waals surface area (Å²) >= 11 is 3.37. The molecule has 0 bridgehead atoms. The summed E-state index contributed by atoms with van der Waals surface area (Å²) in [7, 11) is 0. The largest absolute Gasteiger partial charge is 0.307 e. The highest BCUT2D eigenvalue weighted by atomic mass is 79.9. The van der Waals surface area contributed by atoms with E-state index >= 15 is 0 Å². The maximum atomic E-state index is 11.5. The standard InChI is InChI=1S/C10H10BrN3O/c1-10(2)9(15)13-8(14-10)7-6(11)4-3-5-12-7/h3-5H,1-2H3,(H,13,14,15). The van der Waals surface area contributed by atoms with Gasteiger partial charge in [0.1, 0.15) is 11.2 Å². The van der Waals surface area contributed by atoms with E-state index in [1.54, 1.807) is 20.0 Å². The number of nitrogens with one attached hydrogen (secondary N) is 1. The molecule has 0 aliphatic carbocycles. The van der Waals surface area contributed by atoms with Gasteiger partial charge in [0, 0.05) is 10.7 Å². The first kappa shape index (κ1) is 10.3. The average molecular weight is 268 g/mol. The highest BCUT2D eigenvalue weighted by molar-refractivity contribution is 9.10. The lowest BCUT2D eigenvalue weighted by Crippen LogP contribution is -2.34. The molecule has 0 atom stereocenters. The van der Waals surface area contributed by atoms with Crippen molar-refractivity contribution in [2.45, 2.75) is 19.4 Å². The number of hydrogen-bond donors (Lipinski definition) is 1. The molecule has 1 aliphatic rings. The Balaban J connectivity index is 2.44. The second-order valence-corrected chi connectivity index (χ2v) is 4.66. The third-order valence-electron chi connectivity index (χ3n) is 2.16. The summed E-state index contributed by atoms with van der Waals surface area (Å²) in [6, 6.07) is 3.68. The van der Waals surface area contributed by atoms with Crippen LogP contribution in [0.4, 0.5) is 0 Å². The first-order valence-electron chi connectivity index (χ1n) is 4.53. The van der Waals surface area contributed by atoms with Crippen molar-refractivity contribution in [3.8, 4) is 0 Å². The van der Waals surface area contributed by atoms with Crippen LogP contribution in [0.3, 0.4) is 0 Å². The average Bonchev–Trinajstić information content (AvgIpc) is 2.42. The molecule has 2 rings (SSSR count). The molecular weight excluding hydrogens is 258 g/mol. The summed E-state index contributed by atoms with van der Waals surface area (Å²) in [5.41, 5.74) is -0.0387. The zero-order valence-electron chi connectivity index (χ0n) is 8.41. The lowest BCUT2D eigenvalue weighted by atomic mass is 10.1. The number of nitrogens with zero attached hydrogens (tertiary/aromatic N) is 2. The minimum absolute atomic E-state index is 0.102. The number of carbonyl (C=O) groups excluding carboxylic acids is 1. The molecule has 0 saturated carbocycles. The van der Waals surface area contributed by atoms with Gasteiger partial charge in [-0.05, 0) is 41.9 Å². The molecule has 1 N–H and O–H groups in total. The van der Waals surface area contributed by atoms with E-state index in [1.165, 1.54) is 0 Å². The third kappa shape index (κ3) is 1.79.